The molecule has 0 spiro atoms. The van der Waals surface area contributed by atoms with Crippen molar-refractivity contribution in [2.45, 2.75) is 38.6 Å². The molecule has 19 heavy (non-hydrogen) atoms. The van der Waals surface area contributed by atoms with Gasteiger partial charge in [-0.15, -0.1) is 12.4 Å². The highest BCUT2D eigenvalue weighted by molar-refractivity contribution is 5.85. The number of nitrogens with one attached hydrogen (secondary N) is 1. The fraction of sp³-hybridized carbons (Fsp3) is 0.500. The molecule has 1 amide bonds. The predicted molar refractivity (Wildman–Crippen MR) is 77.9 cm³/mol. The predicted octanol–water partition coefficient (Wildman–Crippen LogP) is 2.42. The van der Waals surface area contributed by atoms with Gasteiger partial charge in [-0.1, -0.05) is 31.5 Å². The van der Waals surface area contributed by atoms with E-state index in [2.05, 4.69) is 5.32 Å². The van der Waals surface area contributed by atoms with Gasteiger partial charge in [0.2, 0.25) is 5.91 Å². The van der Waals surface area contributed by atoms with Gasteiger partial charge in [-0.2, -0.15) is 0 Å². The number of benzene rings is 1. The number of amides is 1. The lowest BCUT2D eigenvalue weighted by Crippen LogP contribution is -2.51. The Morgan fingerprint density at radius 3 is 2.63 bits per heavy atom. The number of rotatable bonds is 6. The smallest absolute Gasteiger partial charge is 0.239 e. The molecular formula is C14H22ClFN2O. The van der Waals surface area contributed by atoms with E-state index in [-0.39, 0.29) is 24.1 Å². The van der Waals surface area contributed by atoms with Crippen LogP contribution in [0.4, 0.5) is 4.39 Å². The van der Waals surface area contributed by atoms with Crippen molar-refractivity contribution < 1.29 is 9.18 Å². The largest absolute Gasteiger partial charge is 0.354 e. The van der Waals surface area contributed by atoms with Gasteiger partial charge in [-0.3, -0.25) is 4.79 Å². The highest BCUT2D eigenvalue weighted by Gasteiger charge is 2.26. The van der Waals surface area contributed by atoms with Gasteiger partial charge < -0.3 is 11.1 Å². The molecule has 1 atom stereocenters. The zero-order valence-corrected chi connectivity index (χ0v) is 12.2. The number of hydrogen-bond acceptors (Lipinski definition) is 2. The van der Waals surface area contributed by atoms with Crippen molar-refractivity contribution in [3.63, 3.8) is 0 Å². The van der Waals surface area contributed by atoms with E-state index < -0.39 is 5.54 Å². The fourth-order valence-electron chi connectivity index (χ4n) is 1.85. The van der Waals surface area contributed by atoms with Crippen molar-refractivity contribution in [3.8, 4) is 0 Å². The van der Waals surface area contributed by atoms with Gasteiger partial charge in [0, 0.05) is 6.54 Å². The lowest BCUT2D eigenvalue weighted by molar-refractivity contribution is -0.126. The Bertz CT molecular complexity index is 410. The summed E-state index contributed by atoms with van der Waals surface area (Å²) in [7, 11) is 0. The van der Waals surface area contributed by atoms with Crippen LogP contribution in [0.5, 0.6) is 0 Å². The molecule has 5 heteroatoms. The lowest BCUT2D eigenvalue weighted by atomic mass is 9.96. The molecule has 1 rings (SSSR count). The van der Waals surface area contributed by atoms with E-state index in [1.54, 1.807) is 25.1 Å². The third kappa shape index (κ3) is 5.57. The zero-order valence-electron chi connectivity index (χ0n) is 11.4. The highest BCUT2D eigenvalue weighted by atomic mass is 35.5. The zero-order chi connectivity index (χ0) is 13.6. The molecule has 0 saturated carbocycles. The quantitative estimate of drug-likeness (QED) is 0.845. The molecule has 0 aromatic heterocycles. The summed E-state index contributed by atoms with van der Waals surface area (Å²) in [5, 5.41) is 2.75. The summed E-state index contributed by atoms with van der Waals surface area (Å²) in [5.74, 6) is -0.420. The van der Waals surface area contributed by atoms with Crippen LogP contribution in [-0.4, -0.2) is 18.0 Å². The van der Waals surface area contributed by atoms with E-state index in [4.69, 9.17) is 5.73 Å². The number of nitrogens with two attached hydrogens (primary N) is 1. The van der Waals surface area contributed by atoms with Crippen LogP contribution in [0.1, 0.15) is 32.3 Å². The van der Waals surface area contributed by atoms with Crippen molar-refractivity contribution in [2.75, 3.05) is 6.54 Å². The summed E-state index contributed by atoms with van der Waals surface area (Å²) in [5.41, 5.74) is 5.65. The maximum Gasteiger partial charge on any atom is 0.239 e. The molecule has 0 fully saturated rings. The minimum absolute atomic E-state index is 0. The maximum atomic E-state index is 13.3. The summed E-state index contributed by atoms with van der Waals surface area (Å²) in [6.45, 7) is 4.10. The van der Waals surface area contributed by atoms with Crippen molar-refractivity contribution in [1.29, 1.82) is 0 Å². The third-order valence-corrected chi connectivity index (χ3v) is 2.93. The van der Waals surface area contributed by atoms with E-state index in [1.807, 2.05) is 6.92 Å². The van der Waals surface area contributed by atoms with E-state index in [0.717, 1.165) is 6.42 Å². The van der Waals surface area contributed by atoms with E-state index in [1.165, 1.54) is 6.07 Å². The summed E-state index contributed by atoms with van der Waals surface area (Å²) < 4.78 is 13.3. The van der Waals surface area contributed by atoms with Gasteiger partial charge in [0.1, 0.15) is 5.82 Å². The third-order valence-electron chi connectivity index (χ3n) is 2.93. The van der Waals surface area contributed by atoms with Gasteiger partial charge in [0.25, 0.3) is 0 Å². The topological polar surface area (TPSA) is 55.1 Å². The van der Waals surface area contributed by atoms with Crippen molar-refractivity contribution in [1.82, 2.24) is 5.32 Å². The molecule has 1 unspecified atom stereocenters. The Morgan fingerprint density at radius 2 is 2.05 bits per heavy atom. The molecule has 0 bridgehead atoms. The number of halogens is 2. The Kier molecular flexibility index (Phi) is 7.64. The molecular weight excluding hydrogens is 267 g/mol. The van der Waals surface area contributed by atoms with Crippen LogP contribution >= 0.6 is 12.4 Å². The van der Waals surface area contributed by atoms with Gasteiger partial charge in [-0.25, -0.2) is 4.39 Å². The number of carbonyl (C=O) groups excluding carboxylic acids is 1. The second-order valence-corrected chi connectivity index (χ2v) is 4.76. The summed E-state index contributed by atoms with van der Waals surface area (Å²) in [4.78, 5) is 11.8. The van der Waals surface area contributed by atoms with Crippen LogP contribution in [0.2, 0.25) is 0 Å². The van der Waals surface area contributed by atoms with E-state index in [0.29, 0.717) is 24.9 Å². The first-order valence-corrected chi connectivity index (χ1v) is 6.28. The summed E-state index contributed by atoms with van der Waals surface area (Å²) in [6.07, 6.45) is 1.97. The second kappa shape index (κ2) is 8.12. The Labute approximate surface area is 120 Å². The van der Waals surface area contributed by atoms with Crippen LogP contribution in [-0.2, 0) is 11.2 Å². The molecule has 0 aliphatic carbocycles. The number of hydrogen-bond donors (Lipinski definition) is 2. The first kappa shape index (κ1) is 17.9. The minimum Gasteiger partial charge on any atom is -0.354 e. The normalized spacial score (nSPS) is 13.3. The first-order valence-electron chi connectivity index (χ1n) is 6.28. The Balaban J connectivity index is 0.00000324. The lowest BCUT2D eigenvalue weighted by Gasteiger charge is -2.22. The molecule has 0 saturated heterocycles. The second-order valence-electron chi connectivity index (χ2n) is 4.76. The maximum absolute atomic E-state index is 13.3. The Hall–Kier alpha value is -1.13. The van der Waals surface area contributed by atoms with Crippen molar-refractivity contribution >= 4 is 18.3 Å². The fourth-order valence-corrected chi connectivity index (χ4v) is 1.85. The van der Waals surface area contributed by atoms with Gasteiger partial charge in [0.15, 0.2) is 0 Å². The van der Waals surface area contributed by atoms with E-state index in [9.17, 15) is 9.18 Å². The van der Waals surface area contributed by atoms with Crippen LogP contribution < -0.4 is 11.1 Å². The molecule has 3 N–H and O–H groups in total. The van der Waals surface area contributed by atoms with Gasteiger partial charge in [-0.05, 0) is 31.4 Å². The SMILES string of the molecule is CCCC(C)(N)C(=O)NCCc1ccccc1F.Cl. The van der Waals surface area contributed by atoms with Crippen molar-refractivity contribution in [3.05, 3.63) is 35.6 Å². The molecule has 0 aliphatic rings. The molecule has 0 radical (unpaired) electrons. The van der Waals surface area contributed by atoms with Crippen LogP contribution in [0, 0.1) is 5.82 Å². The molecule has 0 heterocycles. The van der Waals surface area contributed by atoms with Crippen LogP contribution in [0.3, 0.4) is 0 Å². The number of carbonyl (C=O) groups is 1. The minimum atomic E-state index is -0.843. The Morgan fingerprint density at radius 1 is 1.42 bits per heavy atom. The standard InChI is InChI=1S/C14H21FN2O.ClH/c1-3-9-14(2,16)13(18)17-10-8-11-6-4-5-7-12(11)15;/h4-7H,3,8-10,16H2,1-2H3,(H,17,18);1H. The molecule has 108 valence electrons. The molecule has 0 aliphatic heterocycles. The summed E-state index contributed by atoms with van der Waals surface area (Å²) >= 11 is 0. The average molecular weight is 289 g/mol. The average Bonchev–Trinajstić information content (AvgIpc) is 2.31. The van der Waals surface area contributed by atoms with Crippen LogP contribution in [0.15, 0.2) is 24.3 Å². The van der Waals surface area contributed by atoms with Crippen molar-refractivity contribution in [2.24, 2.45) is 5.73 Å². The summed E-state index contributed by atoms with van der Waals surface area (Å²) in [6, 6.07) is 6.57. The molecule has 1 aromatic carbocycles. The first-order chi connectivity index (χ1) is 8.47. The molecule has 1 aromatic rings. The highest BCUT2D eigenvalue weighted by Crippen LogP contribution is 2.09. The van der Waals surface area contributed by atoms with Gasteiger partial charge >= 0.3 is 0 Å². The van der Waals surface area contributed by atoms with E-state index >= 15 is 0 Å². The monoisotopic (exact) mass is 288 g/mol. The molecule has 3 nitrogen and oxygen atoms in total. The van der Waals surface area contributed by atoms with Gasteiger partial charge in [0.05, 0.1) is 5.54 Å². The van der Waals surface area contributed by atoms with Crippen LogP contribution in [0.25, 0.3) is 0 Å².